The Labute approximate surface area is 142 Å². The molecular weight excluding hydrogens is 308 g/mol. The van der Waals surface area contributed by atoms with Gasteiger partial charge >= 0.3 is 5.97 Å². The van der Waals surface area contributed by atoms with Crippen LogP contribution in [0, 0.1) is 22.7 Å². The van der Waals surface area contributed by atoms with Gasteiger partial charge in [0.2, 0.25) is 5.75 Å². The summed E-state index contributed by atoms with van der Waals surface area (Å²) in [5, 5.41) is 1.13. The van der Waals surface area contributed by atoms with Crippen molar-refractivity contribution in [3.8, 4) is 0 Å². The monoisotopic (exact) mass is 337 g/mol. The number of ether oxygens (including phenoxy) is 1. The molecule has 4 heteroatoms. The largest absolute Gasteiger partial charge is 0.463 e. The Morgan fingerprint density at radius 1 is 1.30 bits per heavy atom. The summed E-state index contributed by atoms with van der Waals surface area (Å²) in [5.41, 5.74) is -0.00769. The van der Waals surface area contributed by atoms with Crippen molar-refractivity contribution in [3.63, 3.8) is 0 Å². The molecule has 0 amide bonds. The van der Waals surface area contributed by atoms with Crippen molar-refractivity contribution in [2.45, 2.75) is 69.8 Å². The standard InChI is InChI=1S/C19H29O3S/c1-4-22-16(21)11-23-14-6-5-12(9-14)17(23)19-8-7-13(10-15(19)20)18(19,2)3/h12-14,17H,4-11H2,1-3H3/q+1/t12-,13-,14+,17?,19+,23?/m0/s1. The van der Waals surface area contributed by atoms with Gasteiger partial charge in [0, 0.05) is 29.7 Å². The summed E-state index contributed by atoms with van der Waals surface area (Å²) in [6.07, 6.45) is 6.86. The third-order valence-electron chi connectivity index (χ3n) is 7.67. The average molecular weight is 338 g/mol. The van der Waals surface area contributed by atoms with Crippen LogP contribution in [0.5, 0.6) is 0 Å². The van der Waals surface area contributed by atoms with Gasteiger partial charge in [-0.15, -0.1) is 0 Å². The molecule has 0 aromatic rings. The predicted molar refractivity (Wildman–Crippen MR) is 92.3 cm³/mol. The van der Waals surface area contributed by atoms with Gasteiger partial charge in [-0.05, 0) is 43.9 Å². The molecule has 0 aromatic carbocycles. The molecule has 3 nitrogen and oxygen atoms in total. The molecule has 4 aliphatic rings. The van der Waals surface area contributed by atoms with Crippen LogP contribution in [0.3, 0.4) is 0 Å². The molecule has 0 radical (unpaired) electrons. The Morgan fingerprint density at radius 2 is 2.09 bits per heavy atom. The number of carbonyl (C=O) groups excluding carboxylic acids is 2. The van der Waals surface area contributed by atoms with Gasteiger partial charge in [0.15, 0.2) is 0 Å². The summed E-state index contributed by atoms with van der Waals surface area (Å²) in [6, 6.07) is 0. The molecule has 4 fully saturated rings. The third kappa shape index (κ3) is 1.96. The van der Waals surface area contributed by atoms with Crippen LogP contribution in [0.2, 0.25) is 0 Å². The summed E-state index contributed by atoms with van der Waals surface area (Å²) >= 11 is 0. The van der Waals surface area contributed by atoms with E-state index in [0.29, 0.717) is 40.5 Å². The highest BCUT2D eigenvalue weighted by atomic mass is 32.2. The zero-order valence-electron chi connectivity index (χ0n) is 14.6. The van der Waals surface area contributed by atoms with Crippen LogP contribution in [-0.4, -0.2) is 34.6 Å². The van der Waals surface area contributed by atoms with Crippen LogP contribution in [0.1, 0.15) is 59.3 Å². The van der Waals surface area contributed by atoms with Crippen molar-refractivity contribution in [2.75, 3.05) is 12.4 Å². The number of Topliss-reactive ketones (excluding diaryl/α,β-unsaturated/α-hetero) is 1. The lowest BCUT2D eigenvalue weighted by molar-refractivity contribution is -0.140. The summed E-state index contributed by atoms with van der Waals surface area (Å²) in [6.45, 7) is 7.02. The van der Waals surface area contributed by atoms with Crippen LogP contribution in [-0.2, 0) is 25.2 Å². The van der Waals surface area contributed by atoms with Crippen molar-refractivity contribution < 1.29 is 14.3 Å². The zero-order chi connectivity index (χ0) is 16.4. The molecule has 3 saturated carbocycles. The molecule has 4 bridgehead atoms. The van der Waals surface area contributed by atoms with Crippen molar-refractivity contribution in [3.05, 3.63) is 0 Å². The summed E-state index contributed by atoms with van der Waals surface area (Å²) in [5.74, 6) is 2.30. The first-order chi connectivity index (χ1) is 10.9. The lowest BCUT2D eigenvalue weighted by atomic mass is 9.64. The molecule has 3 aliphatic carbocycles. The maximum absolute atomic E-state index is 13.1. The first-order valence-electron chi connectivity index (χ1n) is 9.29. The number of hydrogen-bond acceptors (Lipinski definition) is 3. The smallest absolute Gasteiger partial charge is 0.356 e. The minimum atomic E-state index is -0.132. The Kier molecular flexibility index (Phi) is 3.64. The Hall–Kier alpha value is -0.510. The molecule has 6 atom stereocenters. The second-order valence-corrected chi connectivity index (χ2v) is 11.0. The van der Waals surface area contributed by atoms with Crippen LogP contribution in [0.4, 0.5) is 0 Å². The fourth-order valence-corrected chi connectivity index (χ4v) is 10.5. The molecule has 0 spiro atoms. The van der Waals surface area contributed by atoms with E-state index in [4.69, 9.17) is 4.74 Å². The van der Waals surface area contributed by atoms with E-state index in [1.807, 2.05) is 6.92 Å². The highest BCUT2D eigenvalue weighted by Crippen LogP contribution is 2.70. The molecule has 1 heterocycles. The topological polar surface area (TPSA) is 43.4 Å². The van der Waals surface area contributed by atoms with E-state index in [9.17, 15) is 9.59 Å². The number of fused-ring (bicyclic) bond motifs is 4. The van der Waals surface area contributed by atoms with Crippen molar-refractivity contribution in [1.29, 1.82) is 0 Å². The SMILES string of the molecule is CCOC(=O)C[S+]1C([C@@]23CC[C@@H](CC2=O)C3(C)C)[C@H]2CC[C@@H]1C2. The quantitative estimate of drug-likeness (QED) is 0.585. The van der Waals surface area contributed by atoms with Gasteiger partial charge in [0.1, 0.15) is 16.3 Å². The Bertz CT molecular complexity index is 543. The normalized spacial score (nSPS) is 46.6. The fraction of sp³-hybridized carbons (Fsp3) is 0.895. The number of hydrogen-bond donors (Lipinski definition) is 0. The van der Waals surface area contributed by atoms with E-state index in [0.717, 1.165) is 12.8 Å². The predicted octanol–water partition coefficient (Wildman–Crippen LogP) is 3.11. The zero-order valence-corrected chi connectivity index (χ0v) is 15.4. The molecule has 128 valence electrons. The van der Waals surface area contributed by atoms with Gasteiger partial charge in [-0.1, -0.05) is 13.8 Å². The van der Waals surface area contributed by atoms with Gasteiger partial charge in [-0.3, -0.25) is 4.79 Å². The fourth-order valence-electron chi connectivity index (χ4n) is 6.56. The van der Waals surface area contributed by atoms with E-state index in [1.54, 1.807) is 0 Å². The molecule has 1 saturated heterocycles. The molecule has 1 aliphatic heterocycles. The number of carbonyl (C=O) groups is 2. The van der Waals surface area contributed by atoms with Crippen LogP contribution in [0.25, 0.3) is 0 Å². The van der Waals surface area contributed by atoms with Crippen LogP contribution < -0.4 is 0 Å². The van der Waals surface area contributed by atoms with Gasteiger partial charge in [0.25, 0.3) is 0 Å². The minimum Gasteiger partial charge on any atom is -0.463 e. The van der Waals surface area contributed by atoms with Crippen molar-refractivity contribution in [2.24, 2.45) is 22.7 Å². The lowest BCUT2D eigenvalue weighted by Gasteiger charge is -2.43. The van der Waals surface area contributed by atoms with E-state index in [1.165, 1.54) is 25.7 Å². The van der Waals surface area contributed by atoms with Gasteiger partial charge in [-0.25, -0.2) is 4.79 Å². The summed E-state index contributed by atoms with van der Waals surface area (Å²) in [7, 11) is 0.0503. The lowest BCUT2D eigenvalue weighted by Crippen LogP contribution is -2.54. The van der Waals surface area contributed by atoms with Crippen LogP contribution in [0.15, 0.2) is 0 Å². The summed E-state index contributed by atoms with van der Waals surface area (Å²) < 4.78 is 5.26. The number of ketones is 1. The maximum Gasteiger partial charge on any atom is 0.356 e. The van der Waals surface area contributed by atoms with Crippen molar-refractivity contribution in [1.82, 2.24) is 0 Å². The number of rotatable bonds is 4. The molecule has 0 N–H and O–H groups in total. The highest BCUT2D eigenvalue weighted by molar-refractivity contribution is 7.99. The molecule has 4 rings (SSSR count). The number of esters is 1. The first kappa shape index (κ1) is 16.0. The van der Waals surface area contributed by atoms with Gasteiger partial charge < -0.3 is 4.74 Å². The first-order valence-corrected chi connectivity index (χ1v) is 10.8. The Balaban J connectivity index is 1.68. The van der Waals surface area contributed by atoms with Gasteiger partial charge in [-0.2, -0.15) is 0 Å². The van der Waals surface area contributed by atoms with Crippen molar-refractivity contribution >= 4 is 22.6 Å². The van der Waals surface area contributed by atoms with E-state index >= 15 is 0 Å². The van der Waals surface area contributed by atoms with E-state index in [2.05, 4.69) is 13.8 Å². The third-order valence-corrected chi connectivity index (χ3v) is 11.0. The summed E-state index contributed by atoms with van der Waals surface area (Å²) in [4.78, 5) is 25.3. The second kappa shape index (κ2) is 5.24. The maximum atomic E-state index is 13.1. The Morgan fingerprint density at radius 3 is 2.70 bits per heavy atom. The molecule has 2 unspecified atom stereocenters. The molecule has 0 aromatic heterocycles. The van der Waals surface area contributed by atoms with E-state index in [-0.39, 0.29) is 27.7 Å². The van der Waals surface area contributed by atoms with Crippen LogP contribution >= 0.6 is 0 Å². The second-order valence-electron chi connectivity index (χ2n) is 8.59. The molecular formula is C19H29O3S+. The van der Waals surface area contributed by atoms with E-state index < -0.39 is 0 Å². The average Bonchev–Trinajstić information content (AvgIpc) is 3.18. The molecule has 23 heavy (non-hydrogen) atoms. The van der Waals surface area contributed by atoms with Gasteiger partial charge in [0.05, 0.1) is 12.0 Å². The highest BCUT2D eigenvalue weighted by Gasteiger charge is 2.75. The minimum absolute atomic E-state index is 0.0393.